The molecule has 1 N–H and O–H groups in total. The van der Waals surface area contributed by atoms with Gasteiger partial charge in [0.15, 0.2) is 0 Å². The topological polar surface area (TPSA) is 41.6 Å². The van der Waals surface area contributed by atoms with Crippen LogP contribution in [0.15, 0.2) is 24.3 Å². The van der Waals surface area contributed by atoms with Gasteiger partial charge in [0.1, 0.15) is 5.75 Å². The Balaban J connectivity index is 2.00. The third-order valence-electron chi connectivity index (χ3n) is 3.97. The monoisotopic (exact) mass is 290 g/mol. The number of carbonyl (C=O) groups is 1. The van der Waals surface area contributed by atoms with E-state index in [9.17, 15) is 4.79 Å². The number of rotatable bonds is 6. The summed E-state index contributed by atoms with van der Waals surface area (Å²) in [7, 11) is 0. The molecule has 1 fully saturated rings. The van der Waals surface area contributed by atoms with Gasteiger partial charge in [0.2, 0.25) is 5.91 Å². The predicted octanol–water partition coefficient (Wildman–Crippen LogP) is 2.75. The molecule has 0 saturated carbocycles. The van der Waals surface area contributed by atoms with E-state index in [1.54, 1.807) is 0 Å². The Morgan fingerprint density at radius 3 is 2.62 bits per heavy atom. The summed E-state index contributed by atoms with van der Waals surface area (Å²) in [6.45, 7) is 8.44. The van der Waals surface area contributed by atoms with Crippen LogP contribution in [0.4, 0.5) is 0 Å². The van der Waals surface area contributed by atoms with E-state index in [1.807, 2.05) is 36.9 Å². The Morgan fingerprint density at radius 2 is 1.95 bits per heavy atom. The van der Waals surface area contributed by atoms with Gasteiger partial charge in [-0.3, -0.25) is 10.1 Å². The fourth-order valence-corrected chi connectivity index (χ4v) is 2.87. The normalized spacial score (nSPS) is 17.6. The van der Waals surface area contributed by atoms with Gasteiger partial charge < -0.3 is 9.64 Å². The lowest BCUT2D eigenvalue weighted by atomic mass is 10.1. The SMILES string of the molecule is CCOc1ccccc1C(C)NC(C)C(=O)N1CCCC1. The third-order valence-corrected chi connectivity index (χ3v) is 3.97. The molecule has 1 amide bonds. The minimum Gasteiger partial charge on any atom is -0.494 e. The quantitative estimate of drug-likeness (QED) is 0.876. The number of ether oxygens (including phenoxy) is 1. The summed E-state index contributed by atoms with van der Waals surface area (Å²) in [5.41, 5.74) is 1.10. The first kappa shape index (κ1) is 15.8. The van der Waals surface area contributed by atoms with Crippen molar-refractivity contribution in [1.82, 2.24) is 10.2 Å². The standard InChI is InChI=1S/C17H26N2O2/c1-4-21-16-10-6-5-9-15(16)13(2)18-14(3)17(20)19-11-7-8-12-19/h5-6,9-10,13-14,18H,4,7-8,11-12H2,1-3H3. The molecule has 2 rings (SSSR count). The second kappa shape index (κ2) is 7.46. The molecule has 4 heteroatoms. The lowest BCUT2D eigenvalue weighted by molar-refractivity contribution is -0.132. The summed E-state index contributed by atoms with van der Waals surface area (Å²) in [5.74, 6) is 1.09. The van der Waals surface area contributed by atoms with Gasteiger partial charge in [-0.1, -0.05) is 18.2 Å². The van der Waals surface area contributed by atoms with Crippen molar-refractivity contribution in [2.24, 2.45) is 0 Å². The minimum atomic E-state index is -0.173. The molecule has 0 aliphatic carbocycles. The third kappa shape index (κ3) is 3.97. The predicted molar refractivity (Wildman–Crippen MR) is 84.4 cm³/mol. The maximum atomic E-state index is 12.4. The van der Waals surface area contributed by atoms with Gasteiger partial charge in [-0.2, -0.15) is 0 Å². The highest BCUT2D eigenvalue weighted by atomic mass is 16.5. The van der Waals surface area contributed by atoms with E-state index in [2.05, 4.69) is 18.3 Å². The number of para-hydroxylation sites is 1. The van der Waals surface area contributed by atoms with E-state index >= 15 is 0 Å². The molecule has 0 bridgehead atoms. The van der Waals surface area contributed by atoms with Crippen molar-refractivity contribution in [3.63, 3.8) is 0 Å². The van der Waals surface area contributed by atoms with Crippen molar-refractivity contribution in [2.75, 3.05) is 19.7 Å². The van der Waals surface area contributed by atoms with Crippen molar-refractivity contribution in [2.45, 2.75) is 45.7 Å². The van der Waals surface area contributed by atoms with Crippen molar-refractivity contribution in [1.29, 1.82) is 0 Å². The molecular formula is C17H26N2O2. The molecule has 21 heavy (non-hydrogen) atoms. The van der Waals surface area contributed by atoms with Crippen molar-refractivity contribution in [3.05, 3.63) is 29.8 Å². The van der Waals surface area contributed by atoms with Crippen molar-refractivity contribution in [3.8, 4) is 5.75 Å². The van der Waals surface area contributed by atoms with E-state index in [-0.39, 0.29) is 18.0 Å². The van der Waals surface area contributed by atoms with Gasteiger partial charge in [-0.15, -0.1) is 0 Å². The summed E-state index contributed by atoms with van der Waals surface area (Å²) >= 11 is 0. The van der Waals surface area contributed by atoms with Gasteiger partial charge in [-0.25, -0.2) is 0 Å². The van der Waals surface area contributed by atoms with E-state index in [4.69, 9.17) is 4.74 Å². The molecule has 1 aromatic carbocycles. The summed E-state index contributed by atoms with van der Waals surface area (Å²) < 4.78 is 5.66. The van der Waals surface area contributed by atoms with Crippen LogP contribution in [0.25, 0.3) is 0 Å². The van der Waals surface area contributed by atoms with Crippen molar-refractivity contribution < 1.29 is 9.53 Å². The second-order valence-corrected chi connectivity index (χ2v) is 5.61. The average molecular weight is 290 g/mol. The van der Waals surface area contributed by atoms with E-state index in [0.29, 0.717) is 6.61 Å². The molecule has 0 spiro atoms. The van der Waals surface area contributed by atoms with Gasteiger partial charge in [0, 0.05) is 24.7 Å². The zero-order valence-corrected chi connectivity index (χ0v) is 13.3. The molecule has 1 heterocycles. The van der Waals surface area contributed by atoms with Crippen LogP contribution in [0.5, 0.6) is 5.75 Å². The molecule has 1 aliphatic rings. The number of benzene rings is 1. The number of carbonyl (C=O) groups excluding carboxylic acids is 1. The van der Waals surface area contributed by atoms with Crippen LogP contribution in [0.3, 0.4) is 0 Å². The van der Waals surface area contributed by atoms with E-state index < -0.39 is 0 Å². The largest absolute Gasteiger partial charge is 0.494 e. The van der Waals surface area contributed by atoms with Crippen molar-refractivity contribution >= 4 is 5.91 Å². The first-order valence-corrected chi connectivity index (χ1v) is 7.90. The highest BCUT2D eigenvalue weighted by molar-refractivity contribution is 5.81. The maximum Gasteiger partial charge on any atom is 0.239 e. The molecular weight excluding hydrogens is 264 g/mol. The Bertz CT molecular complexity index is 470. The lowest BCUT2D eigenvalue weighted by Crippen LogP contribution is -2.44. The molecule has 1 aromatic rings. The molecule has 0 radical (unpaired) electrons. The van der Waals surface area contributed by atoms with Crippen LogP contribution in [-0.4, -0.2) is 36.5 Å². The first-order valence-electron chi connectivity index (χ1n) is 7.90. The highest BCUT2D eigenvalue weighted by Crippen LogP contribution is 2.25. The fraction of sp³-hybridized carbons (Fsp3) is 0.588. The van der Waals surface area contributed by atoms with Crippen LogP contribution < -0.4 is 10.1 Å². The number of hydrogen-bond acceptors (Lipinski definition) is 3. The van der Waals surface area contributed by atoms with Gasteiger partial charge in [-0.05, 0) is 39.7 Å². The van der Waals surface area contributed by atoms with Crippen LogP contribution in [0.2, 0.25) is 0 Å². The van der Waals surface area contributed by atoms with Crippen LogP contribution in [-0.2, 0) is 4.79 Å². The summed E-state index contributed by atoms with van der Waals surface area (Å²) in [4.78, 5) is 14.3. The average Bonchev–Trinajstić information content (AvgIpc) is 3.01. The van der Waals surface area contributed by atoms with Crippen LogP contribution in [0, 0.1) is 0 Å². The second-order valence-electron chi connectivity index (χ2n) is 5.61. The summed E-state index contributed by atoms with van der Waals surface area (Å²) in [6.07, 6.45) is 2.25. The lowest BCUT2D eigenvalue weighted by Gasteiger charge is -2.25. The summed E-state index contributed by atoms with van der Waals surface area (Å²) in [5, 5.41) is 3.40. The molecule has 1 saturated heterocycles. The number of nitrogens with zero attached hydrogens (tertiary/aromatic N) is 1. The molecule has 116 valence electrons. The smallest absolute Gasteiger partial charge is 0.239 e. The molecule has 0 aromatic heterocycles. The molecule has 2 atom stereocenters. The van der Waals surface area contributed by atoms with E-state index in [0.717, 1.165) is 37.2 Å². The Hall–Kier alpha value is -1.55. The maximum absolute atomic E-state index is 12.4. The number of nitrogens with one attached hydrogen (secondary N) is 1. The van der Waals surface area contributed by atoms with Gasteiger partial charge in [0.05, 0.1) is 12.6 Å². The highest BCUT2D eigenvalue weighted by Gasteiger charge is 2.24. The minimum absolute atomic E-state index is 0.0781. The Labute approximate surface area is 127 Å². The number of hydrogen-bond donors (Lipinski definition) is 1. The zero-order valence-electron chi connectivity index (χ0n) is 13.3. The van der Waals surface area contributed by atoms with Crippen LogP contribution >= 0.6 is 0 Å². The number of amides is 1. The molecule has 2 unspecified atom stereocenters. The van der Waals surface area contributed by atoms with Gasteiger partial charge in [0.25, 0.3) is 0 Å². The first-order chi connectivity index (χ1) is 10.1. The number of likely N-dealkylation sites (tertiary alicyclic amines) is 1. The Morgan fingerprint density at radius 1 is 1.29 bits per heavy atom. The fourth-order valence-electron chi connectivity index (χ4n) is 2.87. The van der Waals surface area contributed by atoms with E-state index in [1.165, 1.54) is 0 Å². The summed E-state index contributed by atoms with van der Waals surface area (Å²) in [6, 6.07) is 7.91. The zero-order chi connectivity index (χ0) is 15.2. The van der Waals surface area contributed by atoms with Crippen LogP contribution in [0.1, 0.15) is 45.2 Å². The molecule has 4 nitrogen and oxygen atoms in total. The molecule has 1 aliphatic heterocycles. The van der Waals surface area contributed by atoms with Gasteiger partial charge >= 0.3 is 0 Å². The Kier molecular flexibility index (Phi) is 5.62.